The largest absolute Gasteiger partial charge is 0.278 e. The fourth-order valence-corrected chi connectivity index (χ4v) is 5.59. The van der Waals surface area contributed by atoms with Crippen LogP contribution in [0.15, 0.2) is 26.9 Å². The van der Waals surface area contributed by atoms with Crippen LogP contribution in [0.25, 0.3) is 0 Å². The first-order valence-corrected chi connectivity index (χ1v) is 9.30. The number of benzene rings is 1. The Morgan fingerprint density at radius 2 is 1.80 bits per heavy atom. The Bertz CT molecular complexity index is 772. The van der Waals surface area contributed by atoms with E-state index in [-0.39, 0.29) is 10.6 Å². The number of aryl methyl sites for hydroxylation is 2. The van der Waals surface area contributed by atoms with Gasteiger partial charge in [0.25, 0.3) is 10.0 Å². The molecular formula is C12H10BrCl2NO2S2. The van der Waals surface area contributed by atoms with Crippen LogP contribution in [0.1, 0.15) is 10.4 Å². The van der Waals surface area contributed by atoms with Crippen LogP contribution in [0, 0.1) is 13.8 Å². The molecule has 0 bridgehead atoms. The predicted octanol–water partition coefficient (Wildman–Crippen LogP) is 5.24. The number of hydrogen-bond donors (Lipinski definition) is 1. The lowest BCUT2D eigenvalue weighted by molar-refractivity contribution is 0.601. The van der Waals surface area contributed by atoms with Gasteiger partial charge in [-0.3, -0.25) is 4.72 Å². The van der Waals surface area contributed by atoms with Gasteiger partial charge in [0, 0.05) is 9.90 Å². The normalized spacial score (nSPS) is 11.7. The van der Waals surface area contributed by atoms with Crippen molar-refractivity contribution in [3.63, 3.8) is 0 Å². The zero-order chi connectivity index (χ0) is 15.1. The second kappa shape index (κ2) is 5.85. The zero-order valence-electron chi connectivity index (χ0n) is 10.5. The number of sulfonamides is 1. The SMILES string of the molecule is Cc1cc(Cl)c(NS(=O)(=O)c2cc(Br)sc2C)cc1Cl. The summed E-state index contributed by atoms with van der Waals surface area (Å²) in [5.74, 6) is 0. The third-order valence-corrected chi connectivity index (χ3v) is 6.52. The fourth-order valence-electron chi connectivity index (χ4n) is 1.62. The van der Waals surface area contributed by atoms with Crippen LogP contribution >= 0.6 is 50.5 Å². The fraction of sp³-hybridized carbons (Fsp3) is 0.167. The lowest BCUT2D eigenvalue weighted by Crippen LogP contribution is -2.13. The minimum Gasteiger partial charge on any atom is -0.278 e. The van der Waals surface area contributed by atoms with Crippen molar-refractivity contribution in [2.24, 2.45) is 0 Å². The predicted molar refractivity (Wildman–Crippen MR) is 88.8 cm³/mol. The highest BCUT2D eigenvalue weighted by Crippen LogP contribution is 2.34. The molecule has 1 aromatic carbocycles. The lowest BCUT2D eigenvalue weighted by atomic mass is 10.2. The molecule has 0 fully saturated rings. The summed E-state index contributed by atoms with van der Waals surface area (Å²) in [6.07, 6.45) is 0. The van der Waals surface area contributed by atoms with E-state index in [2.05, 4.69) is 20.7 Å². The van der Waals surface area contributed by atoms with E-state index in [1.54, 1.807) is 26.0 Å². The molecule has 108 valence electrons. The molecule has 0 saturated heterocycles. The molecule has 1 heterocycles. The molecule has 20 heavy (non-hydrogen) atoms. The van der Waals surface area contributed by atoms with E-state index >= 15 is 0 Å². The monoisotopic (exact) mass is 413 g/mol. The summed E-state index contributed by atoms with van der Waals surface area (Å²) in [5, 5.41) is 0.762. The first-order chi connectivity index (χ1) is 9.20. The number of hydrogen-bond acceptors (Lipinski definition) is 3. The summed E-state index contributed by atoms with van der Waals surface area (Å²) in [6, 6.07) is 4.69. The Hall–Kier alpha value is -0.270. The average molecular weight is 415 g/mol. The smallest absolute Gasteiger partial charge is 0.263 e. The second-order valence-electron chi connectivity index (χ2n) is 4.16. The highest BCUT2D eigenvalue weighted by molar-refractivity contribution is 9.11. The van der Waals surface area contributed by atoms with Gasteiger partial charge in [-0.05, 0) is 53.5 Å². The standard InChI is InChI=1S/C12H10BrCl2NO2S2/c1-6-3-9(15)10(4-8(6)14)16-20(17,18)11-5-12(13)19-7(11)2/h3-5,16H,1-2H3. The van der Waals surface area contributed by atoms with Crippen LogP contribution in [-0.2, 0) is 10.0 Å². The van der Waals surface area contributed by atoms with Crippen molar-refractivity contribution < 1.29 is 8.42 Å². The quantitative estimate of drug-likeness (QED) is 0.746. The number of anilines is 1. The molecule has 0 unspecified atom stereocenters. The summed E-state index contributed by atoms with van der Waals surface area (Å²) < 4.78 is 27.9. The van der Waals surface area contributed by atoms with E-state index in [0.29, 0.717) is 14.9 Å². The summed E-state index contributed by atoms with van der Waals surface area (Å²) in [6.45, 7) is 3.54. The van der Waals surface area contributed by atoms with Crippen LogP contribution in [0.5, 0.6) is 0 Å². The Morgan fingerprint density at radius 3 is 2.35 bits per heavy atom. The van der Waals surface area contributed by atoms with E-state index in [1.807, 2.05) is 0 Å². The van der Waals surface area contributed by atoms with Gasteiger partial charge < -0.3 is 0 Å². The molecule has 3 nitrogen and oxygen atoms in total. The van der Waals surface area contributed by atoms with Crippen molar-refractivity contribution in [3.8, 4) is 0 Å². The van der Waals surface area contributed by atoms with Crippen molar-refractivity contribution >= 4 is 66.2 Å². The van der Waals surface area contributed by atoms with Crippen molar-refractivity contribution in [2.45, 2.75) is 18.7 Å². The van der Waals surface area contributed by atoms with E-state index in [4.69, 9.17) is 23.2 Å². The van der Waals surface area contributed by atoms with Gasteiger partial charge >= 0.3 is 0 Å². The maximum atomic E-state index is 12.4. The highest BCUT2D eigenvalue weighted by atomic mass is 79.9. The Balaban J connectivity index is 2.43. The average Bonchev–Trinajstić information content (AvgIpc) is 2.66. The molecule has 8 heteroatoms. The Labute approximate surface area is 140 Å². The molecule has 2 rings (SSSR count). The van der Waals surface area contributed by atoms with Crippen LogP contribution in [0.4, 0.5) is 5.69 Å². The summed E-state index contributed by atoms with van der Waals surface area (Å²) in [7, 11) is -3.69. The van der Waals surface area contributed by atoms with Gasteiger partial charge in [0.05, 0.1) is 14.5 Å². The molecule has 0 aliphatic heterocycles. The van der Waals surface area contributed by atoms with Gasteiger partial charge in [-0.15, -0.1) is 11.3 Å². The third kappa shape index (κ3) is 3.31. The second-order valence-corrected chi connectivity index (χ2v) is 9.26. The van der Waals surface area contributed by atoms with Crippen molar-refractivity contribution in [2.75, 3.05) is 4.72 Å². The molecule has 0 radical (unpaired) electrons. The maximum Gasteiger partial charge on any atom is 0.263 e. The first kappa shape index (κ1) is 16.1. The molecule has 0 spiro atoms. The van der Waals surface area contributed by atoms with E-state index in [0.717, 1.165) is 9.35 Å². The van der Waals surface area contributed by atoms with Gasteiger partial charge in [0.1, 0.15) is 4.90 Å². The van der Waals surface area contributed by atoms with Crippen LogP contribution < -0.4 is 4.72 Å². The molecule has 2 aromatic rings. The summed E-state index contributed by atoms with van der Waals surface area (Å²) >= 11 is 16.7. The number of thiophene rings is 1. The molecule has 0 saturated carbocycles. The maximum absolute atomic E-state index is 12.4. The number of halogens is 3. The summed E-state index contributed by atoms with van der Waals surface area (Å²) in [5.41, 5.74) is 1.05. The zero-order valence-corrected chi connectivity index (χ0v) is 15.2. The van der Waals surface area contributed by atoms with E-state index in [1.165, 1.54) is 17.4 Å². The lowest BCUT2D eigenvalue weighted by Gasteiger charge is -2.11. The van der Waals surface area contributed by atoms with E-state index in [9.17, 15) is 8.42 Å². The van der Waals surface area contributed by atoms with Crippen LogP contribution in [0.3, 0.4) is 0 Å². The molecule has 0 aliphatic rings. The van der Waals surface area contributed by atoms with Gasteiger partial charge in [-0.2, -0.15) is 0 Å². The topological polar surface area (TPSA) is 46.2 Å². The molecule has 0 aliphatic carbocycles. The van der Waals surface area contributed by atoms with E-state index < -0.39 is 10.0 Å². The third-order valence-electron chi connectivity index (χ3n) is 2.62. The molecule has 1 aromatic heterocycles. The number of nitrogens with one attached hydrogen (secondary N) is 1. The molecule has 1 N–H and O–H groups in total. The molecule has 0 amide bonds. The minimum atomic E-state index is -3.69. The minimum absolute atomic E-state index is 0.224. The van der Waals surface area contributed by atoms with Crippen molar-refractivity contribution in [1.82, 2.24) is 0 Å². The highest BCUT2D eigenvalue weighted by Gasteiger charge is 2.21. The Kier molecular flexibility index (Phi) is 4.71. The summed E-state index contributed by atoms with van der Waals surface area (Å²) in [4.78, 5) is 0.917. The van der Waals surface area contributed by atoms with Gasteiger partial charge in [-0.1, -0.05) is 23.2 Å². The van der Waals surface area contributed by atoms with Crippen molar-refractivity contribution in [3.05, 3.63) is 42.5 Å². The van der Waals surface area contributed by atoms with Gasteiger partial charge in [-0.25, -0.2) is 8.42 Å². The van der Waals surface area contributed by atoms with Gasteiger partial charge in [0.2, 0.25) is 0 Å². The molecular weight excluding hydrogens is 405 g/mol. The van der Waals surface area contributed by atoms with Crippen LogP contribution in [0.2, 0.25) is 10.0 Å². The van der Waals surface area contributed by atoms with Gasteiger partial charge in [0.15, 0.2) is 0 Å². The van der Waals surface area contributed by atoms with Crippen LogP contribution in [-0.4, -0.2) is 8.42 Å². The first-order valence-electron chi connectivity index (χ1n) is 5.45. The Morgan fingerprint density at radius 1 is 1.15 bits per heavy atom. The molecule has 0 atom stereocenters. The number of rotatable bonds is 3. The van der Waals surface area contributed by atoms with Crippen molar-refractivity contribution in [1.29, 1.82) is 0 Å².